The highest BCUT2D eigenvalue weighted by Gasteiger charge is 2.40. The second kappa shape index (κ2) is 7.03. The molecule has 1 heterocycles. The van der Waals surface area contributed by atoms with Gasteiger partial charge in [-0.3, -0.25) is 9.59 Å². The summed E-state index contributed by atoms with van der Waals surface area (Å²) in [6.45, 7) is -0.439. The van der Waals surface area contributed by atoms with E-state index in [0.29, 0.717) is 17.4 Å². The molecule has 2 saturated carbocycles. The summed E-state index contributed by atoms with van der Waals surface area (Å²) >= 11 is 0. The van der Waals surface area contributed by atoms with Crippen LogP contribution in [0.1, 0.15) is 36.2 Å². The lowest BCUT2D eigenvalue weighted by molar-refractivity contribution is -0.124. The fourth-order valence-corrected chi connectivity index (χ4v) is 4.32. The number of benzene rings is 1. The zero-order chi connectivity index (χ0) is 18.1. The molecule has 3 N–H and O–H groups in total. The first-order chi connectivity index (χ1) is 12.6. The number of carbonyl (C=O) groups is 2. The Morgan fingerprint density at radius 2 is 2.00 bits per heavy atom. The Morgan fingerprint density at radius 3 is 2.73 bits per heavy atom. The van der Waals surface area contributed by atoms with Crippen molar-refractivity contribution in [3.05, 3.63) is 42.1 Å². The summed E-state index contributed by atoms with van der Waals surface area (Å²) < 4.78 is 0. The first-order valence-electron chi connectivity index (χ1n) is 9.22. The van der Waals surface area contributed by atoms with Crippen molar-refractivity contribution in [2.45, 2.75) is 37.8 Å². The van der Waals surface area contributed by atoms with Gasteiger partial charge in [0, 0.05) is 11.4 Å². The highest BCUT2D eigenvalue weighted by Crippen LogP contribution is 2.44. The molecular formula is C20H23N3O3. The number of nitrogens with zero attached hydrogens (tertiary/aromatic N) is 1. The number of carbonyl (C=O) groups excluding carboxylic acids is 2. The van der Waals surface area contributed by atoms with Gasteiger partial charge in [-0.1, -0.05) is 30.7 Å². The summed E-state index contributed by atoms with van der Waals surface area (Å²) in [5.41, 5.74) is 0.946. The number of hydrogen-bond donors (Lipinski definition) is 3. The standard InChI is InChI=1S/C20H23N3O3/c24-11-18(20(26)22-17-10-12-5-6-14(17)9-12)23-19(25)16-8-7-13-3-1-2-4-15(13)21-16/h1-4,7-8,12,14,17-18,24H,5-6,9-11H2,(H,22,26)(H,23,25). The van der Waals surface area contributed by atoms with Crippen LogP contribution in [0, 0.1) is 11.8 Å². The average Bonchev–Trinajstić information content (AvgIpc) is 3.28. The molecule has 0 aliphatic heterocycles. The molecule has 1 aromatic carbocycles. The first-order valence-corrected chi connectivity index (χ1v) is 9.22. The van der Waals surface area contributed by atoms with Gasteiger partial charge in [-0.2, -0.15) is 0 Å². The van der Waals surface area contributed by atoms with Gasteiger partial charge in [0.05, 0.1) is 12.1 Å². The van der Waals surface area contributed by atoms with Crippen molar-refractivity contribution < 1.29 is 14.7 Å². The van der Waals surface area contributed by atoms with E-state index in [1.165, 1.54) is 12.8 Å². The summed E-state index contributed by atoms with van der Waals surface area (Å²) in [5.74, 6) is 0.479. The lowest BCUT2D eigenvalue weighted by Crippen LogP contribution is -2.52. The number of aliphatic hydroxyl groups excluding tert-OH is 1. The molecule has 136 valence electrons. The molecule has 4 rings (SSSR count). The third-order valence-electron chi connectivity index (χ3n) is 5.70. The van der Waals surface area contributed by atoms with E-state index in [9.17, 15) is 14.7 Å². The van der Waals surface area contributed by atoms with Gasteiger partial charge in [0.15, 0.2) is 0 Å². The second-order valence-corrected chi connectivity index (χ2v) is 7.39. The lowest BCUT2D eigenvalue weighted by Gasteiger charge is -2.25. The Bertz CT molecular complexity index is 838. The Balaban J connectivity index is 1.41. The van der Waals surface area contributed by atoms with Gasteiger partial charge in [-0.15, -0.1) is 0 Å². The smallest absolute Gasteiger partial charge is 0.270 e. The summed E-state index contributed by atoms with van der Waals surface area (Å²) in [6, 6.07) is 10.2. The molecule has 2 amide bonds. The third kappa shape index (κ3) is 3.29. The molecule has 1 aromatic heterocycles. The Hall–Kier alpha value is -2.47. The van der Waals surface area contributed by atoms with Crippen molar-refractivity contribution in [2.24, 2.45) is 11.8 Å². The molecule has 4 unspecified atom stereocenters. The third-order valence-corrected chi connectivity index (χ3v) is 5.70. The van der Waals surface area contributed by atoms with E-state index in [2.05, 4.69) is 15.6 Å². The predicted molar refractivity (Wildman–Crippen MR) is 97.5 cm³/mol. The van der Waals surface area contributed by atoms with E-state index < -0.39 is 18.6 Å². The number of para-hydroxylation sites is 1. The van der Waals surface area contributed by atoms with E-state index in [4.69, 9.17) is 0 Å². The normalized spacial score (nSPS) is 25.2. The number of fused-ring (bicyclic) bond motifs is 3. The van der Waals surface area contributed by atoms with E-state index in [1.54, 1.807) is 6.07 Å². The molecule has 0 spiro atoms. The molecule has 2 bridgehead atoms. The van der Waals surface area contributed by atoms with Crippen molar-refractivity contribution in [3.63, 3.8) is 0 Å². The van der Waals surface area contributed by atoms with Crippen LogP contribution in [-0.2, 0) is 4.79 Å². The van der Waals surface area contributed by atoms with Crippen LogP contribution in [-0.4, -0.2) is 40.6 Å². The van der Waals surface area contributed by atoms with Gasteiger partial charge in [-0.25, -0.2) is 4.98 Å². The van der Waals surface area contributed by atoms with Gasteiger partial charge >= 0.3 is 0 Å². The van der Waals surface area contributed by atoms with Crippen LogP contribution in [0.25, 0.3) is 10.9 Å². The molecule has 2 aromatic rings. The summed E-state index contributed by atoms with van der Waals surface area (Å²) in [6.07, 6.45) is 4.61. The molecule has 4 atom stereocenters. The van der Waals surface area contributed by atoms with Crippen molar-refractivity contribution in [1.29, 1.82) is 0 Å². The molecule has 2 fully saturated rings. The van der Waals surface area contributed by atoms with Crippen LogP contribution < -0.4 is 10.6 Å². The van der Waals surface area contributed by atoms with Crippen molar-refractivity contribution >= 4 is 22.7 Å². The fraction of sp³-hybridized carbons (Fsp3) is 0.450. The van der Waals surface area contributed by atoms with E-state index >= 15 is 0 Å². The van der Waals surface area contributed by atoms with Gasteiger partial charge in [0.2, 0.25) is 5.91 Å². The van der Waals surface area contributed by atoms with Crippen molar-refractivity contribution in [1.82, 2.24) is 15.6 Å². The van der Waals surface area contributed by atoms with Gasteiger partial charge < -0.3 is 15.7 Å². The number of hydrogen-bond acceptors (Lipinski definition) is 4. The van der Waals surface area contributed by atoms with Gasteiger partial charge in [0.25, 0.3) is 5.91 Å². The van der Waals surface area contributed by atoms with E-state index in [-0.39, 0.29) is 17.6 Å². The largest absolute Gasteiger partial charge is 0.394 e. The maximum absolute atomic E-state index is 12.5. The van der Waals surface area contributed by atoms with E-state index in [0.717, 1.165) is 18.2 Å². The van der Waals surface area contributed by atoms with Crippen LogP contribution in [0.15, 0.2) is 36.4 Å². The molecule has 6 heteroatoms. The number of aliphatic hydroxyl groups is 1. The highest BCUT2D eigenvalue weighted by molar-refractivity contribution is 5.97. The summed E-state index contributed by atoms with van der Waals surface area (Å²) in [4.78, 5) is 29.3. The minimum absolute atomic E-state index is 0.172. The highest BCUT2D eigenvalue weighted by atomic mass is 16.3. The predicted octanol–water partition coefficient (Wildman–Crippen LogP) is 1.63. The van der Waals surface area contributed by atoms with Crippen LogP contribution in [0.5, 0.6) is 0 Å². The molecular weight excluding hydrogens is 330 g/mol. The average molecular weight is 353 g/mol. The monoisotopic (exact) mass is 353 g/mol. The number of pyridine rings is 1. The number of amides is 2. The minimum atomic E-state index is -0.963. The summed E-state index contributed by atoms with van der Waals surface area (Å²) in [5, 5.41) is 16.1. The fourth-order valence-electron chi connectivity index (χ4n) is 4.32. The van der Waals surface area contributed by atoms with Crippen LogP contribution in [0.4, 0.5) is 0 Å². The maximum atomic E-state index is 12.5. The Labute approximate surface area is 152 Å². The number of nitrogens with one attached hydrogen (secondary N) is 2. The Kier molecular flexibility index (Phi) is 4.59. The van der Waals surface area contributed by atoms with Crippen LogP contribution in [0.3, 0.4) is 0 Å². The number of aromatic nitrogens is 1. The molecule has 0 radical (unpaired) electrons. The summed E-state index contributed by atoms with van der Waals surface area (Å²) in [7, 11) is 0. The molecule has 2 aliphatic rings. The molecule has 2 aliphatic carbocycles. The Morgan fingerprint density at radius 1 is 1.15 bits per heavy atom. The molecule has 6 nitrogen and oxygen atoms in total. The molecule has 0 saturated heterocycles. The lowest BCUT2D eigenvalue weighted by atomic mass is 9.95. The quantitative estimate of drug-likeness (QED) is 0.762. The van der Waals surface area contributed by atoms with Crippen molar-refractivity contribution in [2.75, 3.05) is 6.61 Å². The van der Waals surface area contributed by atoms with E-state index in [1.807, 2.05) is 30.3 Å². The number of rotatable bonds is 5. The topological polar surface area (TPSA) is 91.3 Å². The van der Waals surface area contributed by atoms with Gasteiger partial charge in [-0.05, 0) is 43.2 Å². The zero-order valence-corrected chi connectivity index (χ0v) is 14.5. The van der Waals surface area contributed by atoms with Gasteiger partial charge in [0.1, 0.15) is 11.7 Å². The second-order valence-electron chi connectivity index (χ2n) is 7.39. The van der Waals surface area contributed by atoms with Crippen LogP contribution >= 0.6 is 0 Å². The molecule has 26 heavy (non-hydrogen) atoms. The van der Waals surface area contributed by atoms with Crippen molar-refractivity contribution in [3.8, 4) is 0 Å². The maximum Gasteiger partial charge on any atom is 0.270 e. The first kappa shape index (κ1) is 17.0. The minimum Gasteiger partial charge on any atom is -0.394 e. The SMILES string of the molecule is O=C(NC(CO)C(=O)NC1CC2CCC1C2)c1ccc2ccccc2n1. The van der Waals surface area contributed by atoms with Crippen LogP contribution in [0.2, 0.25) is 0 Å². The zero-order valence-electron chi connectivity index (χ0n) is 14.5.